The SMILES string of the molecule is CC(C)[C@](O)(C(=O)O)c1ccccc1. The van der Waals surface area contributed by atoms with Crippen LogP contribution in [0.3, 0.4) is 0 Å². The molecule has 1 atom stereocenters. The third-order valence-electron chi connectivity index (χ3n) is 2.38. The molecule has 0 aliphatic heterocycles. The number of carboxylic acids is 1. The highest BCUT2D eigenvalue weighted by molar-refractivity contribution is 5.79. The van der Waals surface area contributed by atoms with E-state index < -0.39 is 11.6 Å². The molecule has 76 valence electrons. The quantitative estimate of drug-likeness (QED) is 0.768. The Labute approximate surface area is 83.0 Å². The first-order chi connectivity index (χ1) is 6.49. The number of rotatable bonds is 3. The fraction of sp³-hybridized carbons (Fsp3) is 0.364. The Bertz CT molecular complexity index is 319. The number of hydrogen-bond donors (Lipinski definition) is 2. The lowest BCUT2D eigenvalue weighted by Gasteiger charge is -2.27. The summed E-state index contributed by atoms with van der Waals surface area (Å²) < 4.78 is 0. The van der Waals surface area contributed by atoms with Crippen molar-refractivity contribution in [3.63, 3.8) is 0 Å². The normalized spacial score (nSPS) is 15.1. The van der Waals surface area contributed by atoms with E-state index in [1.807, 2.05) is 0 Å². The van der Waals surface area contributed by atoms with Crippen molar-refractivity contribution in [2.75, 3.05) is 0 Å². The van der Waals surface area contributed by atoms with Gasteiger partial charge in [-0.25, -0.2) is 4.79 Å². The van der Waals surface area contributed by atoms with Crippen molar-refractivity contribution in [2.45, 2.75) is 19.4 Å². The molecule has 1 aromatic carbocycles. The monoisotopic (exact) mass is 194 g/mol. The molecule has 0 saturated carbocycles. The van der Waals surface area contributed by atoms with E-state index >= 15 is 0 Å². The molecule has 1 aromatic rings. The summed E-state index contributed by atoms with van der Waals surface area (Å²) in [6, 6.07) is 8.45. The third kappa shape index (κ3) is 1.63. The number of aliphatic carboxylic acids is 1. The highest BCUT2D eigenvalue weighted by atomic mass is 16.4. The molecule has 0 aromatic heterocycles. The van der Waals surface area contributed by atoms with Gasteiger partial charge in [-0.15, -0.1) is 0 Å². The Kier molecular flexibility index (Phi) is 2.91. The summed E-state index contributed by atoms with van der Waals surface area (Å²) >= 11 is 0. The highest BCUT2D eigenvalue weighted by Gasteiger charge is 2.41. The van der Waals surface area contributed by atoms with Crippen LogP contribution in [0.25, 0.3) is 0 Å². The molecule has 0 saturated heterocycles. The van der Waals surface area contributed by atoms with Gasteiger partial charge in [0.15, 0.2) is 5.60 Å². The van der Waals surface area contributed by atoms with Crippen molar-refractivity contribution >= 4 is 5.97 Å². The minimum atomic E-state index is -1.79. The molecule has 0 aliphatic carbocycles. The summed E-state index contributed by atoms with van der Waals surface area (Å²) in [5.41, 5.74) is -1.37. The van der Waals surface area contributed by atoms with Crippen LogP contribution in [0.2, 0.25) is 0 Å². The van der Waals surface area contributed by atoms with Gasteiger partial charge in [0.05, 0.1) is 0 Å². The van der Waals surface area contributed by atoms with Gasteiger partial charge in [0, 0.05) is 0 Å². The zero-order valence-electron chi connectivity index (χ0n) is 8.27. The summed E-state index contributed by atoms with van der Waals surface area (Å²) in [6.45, 7) is 3.36. The van der Waals surface area contributed by atoms with Crippen LogP contribution in [0.4, 0.5) is 0 Å². The molecular formula is C11H14O3. The average molecular weight is 194 g/mol. The molecular weight excluding hydrogens is 180 g/mol. The van der Waals surface area contributed by atoms with Crippen molar-refractivity contribution in [2.24, 2.45) is 5.92 Å². The van der Waals surface area contributed by atoms with Crippen molar-refractivity contribution in [1.82, 2.24) is 0 Å². The number of hydrogen-bond acceptors (Lipinski definition) is 2. The molecule has 0 heterocycles. The second-order valence-electron chi connectivity index (χ2n) is 3.59. The van der Waals surface area contributed by atoms with E-state index in [2.05, 4.69) is 0 Å². The standard InChI is InChI=1S/C11H14O3/c1-8(2)11(14,10(12)13)9-6-4-3-5-7-9/h3-8,14H,1-2H3,(H,12,13)/t11-/m1/s1. The van der Waals surface area contributed by atoms with E-state index in [0.717, 1.165) is 0 Å². The van der Waals surface area contributed by atoms with E-state index in [-0.39, 0.29) is 5.92 Å². The molecule has 0 unspecified atom stereocenters. The Hall–Kier alpha value is -1.35. The summed E-state index contributed by atoms with van der Waals surface area (Å²) in [5, 5.41) is 19.0. The zero-order chi connectivity index (χ0) is 10.8. The largest absolute Gasteiger partial charge is 0.479 e. The smallest absolute Gasteiger partial charge is 0.340 e. The first-order valence-corrected chi connectivity index (χ1v) is 4.51. The molecule has 0 aliphatic rings. The molecule has 0 fully saturated rings. The molecule has 14 heavy (non-hydrogen) atoms. The van der Waals surface area contributed by atoms with Crippen molar-refractivity contribution in [3.8, 4) is 0 Å². The third-order valence-corrected chi connectivity index (χ3v) is 2.38. The van der Waals surface area contributed by atoms with E-state index in [9.17, 15) is 9.90 Å². The fourth-order valence-electron chi connectivity index (χ4n) is 1.40. The van der Waals surface area contributed by atoms with Gasteiger partial charge >= 0.3 is 5.97 Å². The fourth-order valence-corrected chi connectivity index (χ4v) is 1.40. The van der Waals surface area contributed by atoms with Gasteiger partial charge < -0.3 is 10.2 Å². The van der Waals surface area contributed by atoms with Crippen LogP contribution in [-0.2, 0) is 10.4 Å². The van der Waals surface area contributed by atoms with Crippen molar-refractivity contribution in [3.05, 3.63) is 35.9 Å². The maximum Gasteiger partial charge on any atom is 0.340 e. The molecule has 0 spiro atoms. The molecule has 1 rings (SSSR count). The first-order valence-electron chi connectivity index (χ1n) is 4.51. The van der Waals surface area contributed by atoms with Crippen LogP contribution < -0.4 is 0 Å². The second-order valence-corrected chi connectivity index (χ2v) is 3.59. The zero-order valence-corrected chi connectivity index (χ0v) is 8.27. The van der Waals surface area contributed by atoms with Crippen LogP contribution >= 0.6 is 0 Å². The lowest BCUT2D eigenvalue weighted by atomic mass is 9.83. The number of carbonyl (C=O) groups is 1. The Morgan fingerprint density at radius 2 is 1.79 bits per heavy atom. The van der Waals surface area contributed by atoms with E-state index in [0.29, 0.717) is 5.56 Å². The van der Waals surface area contributed by atoms with Crippen LogP contribution in [0.1, 0.15) is 19.4 Å². The molecule has 3 heteroatoms. The predicted molar refractivity (Wildman–Crippen MR) is 52.8 cm³/mol. The summed E-state index contributed by atoms with van der Waals surface area (Å²) in [7, 11) is 0. The summed E-state index contributed by atoms with van der Waals surface area (Å²) in [5.74, 6) is -1.58. The molecule has 3 nitrogen and oxygen atoms in total. The Morgan fingerprint density at radius 3 is 2.14 bits per heavy atom. The molecule has 0 radical (unpaired) electrons. The maximum absolute atomic E-state index is 11.0. The number of aliphatic hydroxyl groups is 1. The molecule has 0 bridgehead atoms. The number of carboxylic acid groups (broad SMARTS) is 1. The van der Waals surface area contributed by atoms with Gasteiger partial charge in [-0.05, 0) is 11.5 Å². The van der Waals surface area contributed by atoms with Crippen LogP contribution in [-0.4, -0.2) is 16.2 Å². The summed E-state index contributed by atoms with van der Waals surface area (Å²) in [6.07, 6.45) is 0. The van der Waals surface area contributed by atoms with Crippen molar-refractivity contribution < 1.29 is 15.0 Å². The van der Waals surface area contributed by atoms with Crippen molar-refractivity contribution in [1.29, 1.82) is 0 Å². The Morgan fingerprint density at radius 1 is 1.29 bits per heavy atom. The molecule has 2 N–H and O–H groups in total. The minimum absolute atomic E-state index is 0.373. The Balaban J connectivity index is 3.20. The second kappa shape index (κ2) is 3.80. The van der Waals surface area contributed by atoms with Gasteiger partial charge in [-0.1, -0.05) is 44.2 Å². The van der Waals surface area contributed by atoms with E-state index in [1.165, 1.54) is 0 Å². The molecule has 0 amide bonds. The summed E-state index contributed by atoms with van der Waals surface area (Å²) in [4.78, 5) is 11.0. The first kappa shape index (κ1) is 10.7. The highest BCUT2D eigenvalue weighted by Crippen LogP contribution is 2.29. The van der Waals surface area contributed by atoms with Gasteiger partial charge in [0.2, 0.25) is 0 Å². The van der Waals surface area contributed by atoms with Crippen LogP contribution in [0.5, 0.6) is 0 Å². The topological polar surface area (TPSA) is 57.5 Å². The van der Waals surface area contributed by atoms with Crippen LogP contribution in [0.15, 0.2) is 30.3 Å². The van der Waals surface area contributed by atoms with E-state index in [1.54, 1.807) is 44.2 Å². The van der Waals surface area contributed by atoms with Gasteiger partial charge in [0.1, 0.15) is 0 Å². The van der Waals surface area contributed by atoms with E-state index in [4.69, 9.17) is 5.11 Å². The van der Waals surface area contributed by atoms with Crippen LogP contribution in [0, 0.1) is 5.92 Å². The average Bonchev–Trinajstić information content (AvgIpc) is 2.17. The van der Waals surface area contributed by atoms with Gasteiger partial charge in [0.25, 0.3) is 0 Å². The predicted octanol–water partition coefficient (Wildman–Crippen LogP) is 1.61. The van der Waals surface area contributed by atoms with Gasteiger partial charge in [-0.3, -0.25) is 0 Å². The maximum atomic E-state index is 11.0. The minimum Gasteiger partial charge on any atom is -0.479 e. The van der Waals surface area contributed by atoms with Gasteiger partial charge in [-0.2, -0.15) is 0 Å². The lowest BCUT2D eigenvalue weighted by molar-refractivity contribution is -0.165. The number of benzene rings is 1. The lowest BCUT2D eigenvalue weighted by Crippen LogP contribution is -2.40.